The summed E-state index contributed by atoms with van der Waals surface area (Å²) in [7, 11) is 3.52. The predicted molar refractivity (Wildman–Crippen MR) is 148 cm³/mol. The van der Waals surface area contributed by atoms with Crippen molar-refractivity contribution < 1.29 is 23.8 Å². The molecule has 0 bridgehead atoms. The van der Waals surface area contributed by atoms with Crippen molar-refractivity contribution in [3.63, 3.8) is 0 Å². The van der Waals surface area contributed by atoms with Crippen LogP contribution in [0.2, 0.25) is 0 Å². The van der Waals surface area contributed by atoms with Crippen molar-refractivity contribution in [2.24, 2.45) is 11.8 Å². The zero-order chi connectivity index (χ0) is 27.1. The summed E-state index contributed by atoms with van der Waals surface area (Å²) in [5.41, 5.74) is 1.01. The van der Waals surface area contributed by atoms with Gasteiger partial charge in [-0.25, -0.2) is 4.79 Å². The van der Waals surface area contributed by atoms with E-state index in [2.05, 4.69) is 29.4 Å². The summed E-state index contributed by atoms with van der Waals surface area (Å²) in [6.07, 6.45) is 6.37. The Bertz CT molecular complexity index is 932. The van der Waals surface area contributed by atoms with Crippen molar-refractivity contribution in [2.75, 3.05) is 58.9 Å². The van der Waals surface area contributed by atoms with Gasteiger partial charge in [0.15, 0.2) is 0 Å². The molecule has 1 saturated carbocycles. The van der Waals surface area contributed by atoms with E-state index in [-0.39, 0.29) is 36.0 Å². The second-order valence-corrected chi connectivity index (χ2v) is 11.4. The van der Waals surface area contributed by atoms with Gasteiger partial charge in [-0.3, -0.25) is 9.69 Å². The summed E-state index contributed by atoms with van der Waals surface area (Å²) >= 11 is 0. The van der Waals surface area contributed by atoms with E-state index in [1.54, 1.807) is 37.3 Å². The molecule has 1 aromatic rings. The van der Waals surface area contributed by atoms with Gasteiger partial charge in [0, 0.05) is 64.8 Å². The van der Waals surface area contributed by atoms with Crippen LogP contribution in [0, 0.1) is 11.8 Å². The second-order valence-electron chi connectivity index (χ2n) is 11.4. The van der Waals surface area contributed by atoms with Crippen molar-refractivity contribution in [1.82, 2.24) is 15.1 Å². The fourth-order valence-electron chi connectivity index (χ4n) is 5.87. The lowest BCUT2D eigenvalue weighted by Crippen LogP contribution is -2.48. The van der Waals surface area contributed by atoms with Crippen molar-refractivity contribution in [2.45, 2.75) is 70.6 Å². The van der Waals surface area contributed by atoms with Crippen LogP contribution in [0.3, 0.4) is 0 Å². The number of amides is 3. The number of nitrogens with one attached hydrogen (secondary N) is 2. The molecule has 3 amide bonds. The molecule has 9 nitrogen and oxygen atoms in total. The summed E-state index contributed by atoms with van der Waals surface area (Å²) in [6.45, 7) is 8.84. The van der Waals surface area contributed by atoms with Crippen LogP contribution < -0.4 is 15.4 Å². The van der Waals surface area contributed by atoms with Gasteiger partial charge in [-0.05, 0) is 62.6 Å². The van der Waals surface area contributed by atoms with Gasteiger partial charge in [-0.1, -0.05) is 19.8 Å². The molecule has 3 aliphatic rings. The number of fused-ring (bicyclic) bond motifs is 1. The number of benzene rings is 1. The fourth-order valence-corrected chi connectivity index (χ4v) is 5.87. The maximum absolute atomic E-state index is 13.6. The number of carbonyl (C=O) groups is 2. The van der Waals surface area contributed by atoms with Crippen LogP contribution >= 0.6 is 0 Å². The molecule has 2 heterocycles. The minimum absolute atomic E-state index is 0.101. The molecule has 1 aromatic carbocycles. The molecule has 1 saturated heterocycles. The van der Waals surface area contributed by atoms with E-state index >= 15 is 0 Å². The van der Waals surface area contributed by atoms with Crippen LogP contribution in [-0.4, -0.2) is 93.5 Å². The highest BCUT2D eigenvalue weighted by molar-refractivity contribution is 5.99. The van der Waals surface area contributed by atoms with Gasteiger partial charge in [0.1, 0.15) is 12.4 Å². The highest BCUT2D eigenvalue weighted by atomic mass is 16.5. The Morgan fingerprint density at radius 2 is 1.84 bits per heavy atom. The zero-order valence-electron chi connectivity index (χ0n) is 23.5. The average Bonchev–Trinajstić information content (AvgIpc) is 3.42. The highest BCUT2D eigenvalue weighted by Crippen LogP contribution is 2.27. The van der Waals surface area contributed by atoms with Crippen LogP contribution in [0.4, 0.5) is 10.5 Å². The van der Waals surface area contributed by atoms with E-state index in [1.807, 2.05) is 0 Å². The maximum atomic E-state index is 13.6. The standard InChI is InChI=1S/C29H46N4O5/c1-20-16-33(17-22-11-13-37-14-12-22)21(2)19-38-26-10-9-24(31-29(35)30-23-7-5-6-8-23)15-25(26)28(34)32(3)18-27(20)36-4/h9-10,15,20-23,27H,5-8,11-14,16-19H2,1-4H3,(H2,30,31,35)/t20-,21-,27-/m1/s1. The van der Waals surface area contributed by atoms with Crippen molar-refractivity contribution in [3.05, 3.63) is 23.8 Å². The van der Waals surface area contributed by atoms with Crippen molar-refractivity contribution >= 4 is 17.6 Å². The van der Waals surface area contributed by atoms with Gasteiger partial charge in [0.25, 0.3) is 5.91 Å². The van der Waals surface area contributed by atoms with E-state index in [0.717, 1.165) is 64.8 Å². The summed E-state index contributed by atoms with van der Waals surface area (Å²) in [6, 6.07) is 5.46. The van der Waals surface area contributed by atoms with E-state index in [0.29, 0.717) is 36.1 Å². The largest absolute Gasteiger partial charge is 0.491 e. The van der Waals surface area contributed by atoms with Gasteiger partial charge in [-0.15, -0.1) is 0 Å². The van der Waals surface area contributed by atoms with E-state index in [1.165, 1.54) is 0 Å². The Balaban J connectivity index is 1.54. The summed E-state index contributed by atoms with van der Waals surface area (Å²) in [4.78, 5) is 30.4. The molecule has 2 N–H and O–H groups in total. The molecule has 0 unspecified atom stereocenters. The lowest BCUT2D eigenvalue weighted by atomic mass is 9.96. The third-order valence-electron chi connectivity index (χ3n) is 8.36. The number of methoxy groups -OCH3 is 1. The third kappa shape index (κ3) is 7.61. The summed E-state index contributed by atoms with van der Waals surface area (Å²) < 4.78 is 17.8. The first-order chi connectivity index (χ1) is 18.3. The third-order valence-corrected chi connectivity index (χ3v) is 8.36. The number of ether oxygens (including phenoxy) is 3. The number of anilines is 1. The van der Waals surface area contributed by atoms with Gasteiger partial charge in [0.05, 0.1) is 11.7 Å². The molecule has 0 radical (unpaired) electrons. The molecule has 4 rings (SSSR count). The summed E-state index contributed by atoms with van der Waals surface area (Å²) in [5, 5.41) is 5.95. The Kier molecular flexibility index (Phi) is 10.3. The number of rotatable bonds is 5. The first-order valence-electron chi connectivity index (χ1n) is 14.3. The Labute approximate surface area is 227 Å². The Hall–Kier alpha value is -2.36. The predicted octanol–water partition coefficient (Wildman–Crippen LogP) is 3.98. The monoisotopic (exact) mass is 530 g/mol. The van der Waals surface area contributed by atoms with Crippen LogP contribution in [0.5, 0.6) is 5.75 Å². The minimum atomic E-state index is -0.239. The topological polar surface area (TPSA) is 92.4 Å². The van der Waals surface area contributed by atoms with E-state index in [4.69, 9.17) is 14.2 Å². The quantitative estimate of drug-likeness (QED) is 0.598. The fraction of sp³-hybridized carbons (Fsp3) is 0.724. The minimum Gasteiger partial charge on any atom is -0.491 e. The van der Waals surface area contributed by atoms with Crippen molar-refractivity contribution in [3.8, 4) is 5.75 Å². The maximum Gasteiger partial charge on any atom is 0.319 e. The molecular formula is C29H46N4O5. The van der Waals surface area contributed by atoms with Crippen LogP contribution in [-0.2, 0) is 9.47 Å². The number of carbonyl (C=O) groups excluding carboxylic acids is 2. The molecule has 0 aromatic heterocycles. The van der Waals surface area contributed by atoms with Gasteiger partial charge in [-0.2, -0.15) is 0 Å². The number of hydrogen-bond acceptors (Lipinski definition) is 6. The molecule has 2 fully saturated rings. The molecule has 2 aliphatic heterocycles. The van der Waals surface area contributed by atoms with Crippen molar-refractivity contribution in [1.29, 1.82) is 0 Å². The van der Waals surface area contributed by atoms with Gasteiger partial charge in [0.2, 0.25) is 0 Å². The van der Waals surface area contributed by atoms with E-state index in [9.17, 15) is 9.59 Å². The Morgan fingerprint density at radius 3 is 2.55 bits per heavy atom. The van der Waals surface area contributed by atoms with Crippen LogP contribution in [0.1, 0.15) is 62.7 Å². The lowest BCUT2D eigenvalue weighted by molar-refractivity contribution is 0.0000228. The molecule has 212 valence electrons. The molecule has 1 aliphatic carbocycles. The first-order valence-corrected chi connectivity index (χ1v) is 14.3. The number of likely N-dealkylation sites (N-methyl/N-ethyl adjacent to an activating group) is 1. The molecular weight excluding hydrogens is 484 g/mol. The number of urea groups is 1. The summed E-state index contributed by atoms with van der Waals surface area (Å²) in [5.74, 6) is 1.21. The first kappa shape index (κ1) is 28.6. The lowest BCUT2D eigenvalue weighted by Gasteiger charge is -2.38. The highest BCUT2D eigenvalue weighted by Gasteiger charge is 2.30. The molecule has 0 spiro atoms. The SMILES string of the molecule is CO[C@@H]1CN(C)C(=O)c2cc(NC(=O)NC3CCCC3)ccc2OC[C@@H](C)N(CC2CCOCC2)C[C@H]1C. The molecule has 9 heteroatoms. The van der Waals surface area contributed by atoms with Gasteiger partial charge < -0.3 is 29.7 Å². The van der Waals surface area contributed by atoms with E-state index < -0.39 is 0 Å². The van der Waals surface area contributed by atoms with Crippen LogP contribution in [0.25, 0.3) is 0 Å². The molecule has 3 atom stereocenters. The number of nitrogens with zero attached hydrogens (tertiary/aromatic N) is 2. The average molecular weight is 531 g/mol. The zero-order valence-corrected chi connectivity index (χ0v) is 23.5. The van der Waals surface area contributed by atoms with Gasteiger partial charge >= 0.3 is 6.03 Å². The van der Waals surface area contributed by atoms with Crippen LogP contribution in [0.15, 0.2) is 18.2 Å². The normalized spacial score (nSPS) is 26.7. The Morgan fingerprint density at radius 1 is 1.11 bits per heavy atom. The second kappa shape index (κ2) is 13.6. The smallest absolute Gasteiger partial charge is 0.319 e. The molecule has 38 heavy (non-hydrogen) atoms. The number of hydrogen-bond donors (Lipinski definition) is 2.